The topological polar surface area (TPSA) is 84.9 Å². The molecule has 1 aliphatic rings. The minimum absolute atomic E-state index is 0.0946. The van der Waals surface area contributed by atoms with Crippen molar-refractivity contribution in [2.24, 2.45) is 5.92 Å². The van der Waals surface area contributed by atoms with E-state index in [1.807, 2.05) is 19.1 Å². The number of benzene rings is 2. The second-order valence-corrected chi connectivity index (χ2v) is 9.87. The van der Waals surface area contributed by atoms with E-state index in [9.17, 15) is 17.6 Å². The molecule has 1 saturated heterocycles. The molecule has 0 aromatic heterocycles. The molecule has 2 aromatic carbocycles. The van der Waals surface area contributed by atoms with Crippen LogP contribution in [0.5, 0.6) is 11.5 Å². The van der Waals surface area contributed by atoms with Crippen LogP contribution < -0.4 is 14.8 Å². The summed E-state index contributed by atoms with van der Waals surface area (Å²) in [5.41, 5.74) is 1.42. The first-order chi connectivity index (χ1) is 15.2. The molecule has 7 nitrogen and oxygen atoms in total. The van der Waals surface area contributed by atoms with Crippen LogP contribution in [0.25, 0.3) is 0 Å². The van der Waals surface area contributed by atoms with E-state index < -0.39 is 15.8 Å². The molecule has 0 unspecified atom stereocenters. The van der Waals surface area contributed by atoms with Crippen molar-refractivity contribution in [1.82, 2.24) is 9.62 Å². The molecule has 1 atom stereocenters. The standard InChI is InChI=1S/C23H29FN2O5S/c1-16(19-6-9-21(30-2)22(14-19)31-3)25-23(27)18-10-12-26(13-11-18)32(28,29)15-17-4-7-20(24)8-5-17/h4-9,14,16,18H,10-13,15H2,1-3H3,(H,25,27)/t16-/m1/s1. The summed E-state index contributed by atoms with van der Waals surface area (Å²) in [5.74, 6) is 0.272. The van der Waals surface area contributed by atoms with Crippen molar-refractivity contribution in [3.8, 4) is 11.5 Å². The lowest BCUT2D eigenvalue weighted by Crippen LogP contribution is -2.43. The molecule has 32 heavy (non-hydrogen) atoms. The van der Waals surface area contributed by atoms with Crippen LogP contribution in [0.15, 0.2) is 42.5 Å². The van der Waals surface area contributed by atoms with Gasteiger partial charge in [0.25, 0.3) is 0 Å². The number of nitrogens with zero attached hydrogens (tertiary/aromatic N) is 1. The van der Waals surface area contributed by atoms with E-state index >= 15 is 0 Å². The van der Waals surface area contributed by atoms with Crippen LogP contribution in [0.3, 0.4) is 0 Å². The fraction of sp³-hybridized carbons (Fsp3) is 0.435. The van der Waals surface area contributed by atoms with Gasteiger partial charge in [0.1, 0.15) is 5.82 Å². The zero-order valence-corrected chi connectivity index (χ0v) is 19.3. The van der Waals surface area contributed by atoms with E-state index in [0.717, 1.165) is 5.56 Å². The smallest absolute Gasteiger partial charge is 0.223 e. The Balaban J connectivity index is 1.55. The van der Waals surface area contributed by atoms with Crippen LogP contribution in [0, 0.1) is 11.7 Å². The lowest BCUT2D eigenvalue weighted by molar-refractivity contribution is -0.126. The van der Waals surface area contributed by atoms with Crippen molar-refractivity contribution in [3.63, 3.8) is 0 Å². The molecule has 1 heterocycles. The molecule has 0 aliphatic carbocycles. The van der Waals surface area contributed by atoms with Crippen molar-refractivity contribution < 1.29 is 27.1 Å². The van der Waals surface area contributed by atoms with Gasteiger partial charge in [0, 0.05) is 19.0 Å². The Labute approximate surface area is 188 Å². The van der Waals surface area contributed by atoms with Gasteiger partial charge in [0.15, 0.2) is 11.5 Å². The van der Waals surface area contributed by atoms with Crippen LogP contribution in [-0.4, -0.2) is 45.9 Å². The van der Waals surface area contributed by atoms with Crippen molar-refractivity contribution >= 4 is 15.9 Å². The van der Waals surface area contributed by atoms with Gasteiger partial charge in [-0.1, -0.05) is 18.2 Å². The van der Waals surface area contributed by atoms with Crippen LogP contribution in [0.1, 0.15) is 36.9 Å². The fourth-order valence-corrected chi connectivity index (χ4v) is 5.38. The molecule has 0 radical (unpaired) electrons. The zero-order valence-electron chi connectivity index (χ0n) is 18.5. The summed E-state index contributed by atoms with van der Waals surface area (Å²) in [5, 5.41) is 3.01. The van der Waals surface area contributed by atoms with Gasteiger partial charge in [0.05, 0.1) is 26.0 Å². The number of piperidine rings is 1. The Morgan fingerprint density at radius 3 is 2.31 bits per heavy atom. The van der Waals surface area contributed by atoms with E-state index in [-0.39, 0.29) is 36.7 Å². The minimum Gasteiger partial charge on any atom is -0.493 e. The van der Waals surface area contributed by atoms with Crippen molar-refractivity contribution in [2.75, 3.05) is 27.3 Å². The average molecular weight is 465 g/mol. The Morgan fingerprint density at radius 1 is 1.09 bits per heavy atom. The molecule has 2 aromatic rings. The number of hydrogen-bond donors (Lipinski definition) is 1. The molecule has 1 amide bonds. The molecule has 174 valence electrons. The Kier molecular flexibility index (Phi) is 7.73. The maximum Gasteiger partial charge on any atom is 0.223 e. The summed E-state index contributed by atoms with van der Waals surface area (Å²) < 4.78 is 50.4. The average Bonchev–Trinajstić information content (AvgIpc) is 2.80. The molecule has 0 saturated carbocycles. The number of hydrogen-bond acceptors (Lipinski definition) is 5. The second kappa shape index (κ2) is 10.3. The number of carbonyl (C=O) groups excluding carboxylic acids is 1. The van der Waals surface area contributed by atoms with Crippen LogP contribution >= 0.6 is 0 Å². The molecule has 0 bridgehead atoms. The molecular formula is C23H29FN2O5S. The van der Waals surface area contributed by atoms with E-state index in [2.05, 4.69) is 5.32 Å². The number of rotatable bonds is 8. The van der Waals surface area contributed by atoms with Crippen LogP contribution in [0.4, 0.5) is 4.39 Å². The summed E-state index contributed by atoms with van der Waals surface area (Å²) in [7, 11) is -0.403. The maximum absolute atomic E-state index is 13.1. The van der Waals surface area contributed by atoms with Crippen molar-refractivity contribution in [3.05, 3.63) is 59.4 Å². The minimum atomic E-state index is -3.53. The fourth-order valence-electron chi connectivity index (χ4n) is 3.82. The van der Waals surface area contributed by atoms with Gasteiger partial charge in [-0.3, -0.25) is 4.79 Å². The molecule has 0 spiro atoms. The van der Waals surface area contributed by atoms with Gasteiger partial charge < -0.3 is 14.8 Å². The SMILES string of the molecule is COc1ccc([C@@H](C)NC(=O)C2CCN(S(=O)(=O)Cc3ccc(F)cc3)CC2)cc1OC. The predicted octanol–water partition coefficient (Wildman–Crippen LogP) is 3.26. The Hall–Kier alpha value is -2.65. The first-order valence-corrected chi connectivity index (χ1v) is 12.1. The number of sulfonamides is 1. The summed E-state index contributed by atoms with van der Waals surface area (Å²) in [6.45, 7) is 2.46. The number of carbonyl (C=O) groups is 1. The number of amides is 1. The summed E-state index contributed by atoms with van der Waals surface area (Å²) in [4.78, 5) is 12.8. The summed E-state index contributed by atoms with van der Waals surface area (Å²) in [6.07, 6.45) is 0.903. The van der Waals surface area contributed by atoms with E-state index in [0.29, 0.717) is 29.9 Å². The highest BCUT2D eigenvalue weighted by Gasteiger charge is 2.31. The lowest BCUT2D eigenvalue weighted by atomic mass is 9.96. The van der Waals surface area contributed by atoms with Crippen molar-refractivity contribution in [1.29, 1.82) is 0 Å². The molecule has 1 aliphatic heterocycles. The van der Waals surface area contributed by atoms with E-state index in [4.69, 9.17) is 9.47 Å². The number of ether oxygens (including phenoxy) is 2. The molecule has 1 fully saturated rings. The maximum atomic E-state index is 13.1. The Bertz CT molecular complexity index is 1030. The van der Waals surface area contributed by atoms with Gasteiger partial charge in [-0.15, -0.1) is 0 Å². The number of nitrogens with one attached hydrogen (secondary N) is 1. The number of methoxy groups -OCH3 is 2. The summed E-state index contributed by atoms with van der Waals surface area (Å²) >= 11 is 0. The van der Waals surface area contributed by atoms with Gasteiger partial charge in [-0.2, -0.15) is 0 Å². The molecular weight excluding hydrogens is 435 g/mol. The van der Waals surface area contributed by atoms with E-state index in [1.165, 1.54) is 28.6 Å². The van der Waals surface area contributed by atoms with Crippen LogP contribution in [0.2, 0.25) is 0 Å². The molecule has 3 rings (SSSR count). The third-order valence-electron chi connectivity index (χ3n) is 5.75. The van der Waals surface area contributed by atoms with Gasteiger partial charge in [-0.25, -0.2) is 17.1 Å². The molecule has 9 heteroatoms. The Morgan fingerprint density at radius 2 is 1.72 bits per heavy atom. The lowest BCUT2D eigenvalue weighted by Gasteiger charge is -2.31. The normalized spacial score (nSPS) is 16.4. The second-order valence-electron chi connectivity index (χ2n) is 7.90. The van der Waals surface area contributed by atoms with Gasteiger partial charge in [0.2, 0.25) is 15.9 Å². The third-order valence-corrected chi connectivity index (χ3v) is 7.60. The number of halogens is 1. The first-order valence-electron chi connectivity index (χ1n) is 10.5. The highest BCUT2D eigenvalue weighted by molar-refractivity contribution is 7.88. The predicted molar refractivity (Wildman–Crippen MR) is 119 cm³/mol. The molecule has 1 N–H and O–H groups in total. The quantitative estimate of drug-likeness (QED) is 0.648. The largest absolute Gasteiger partial charge is 0.493 e. The van der Waals surface area contributed by atoms with E-state index in [1.54, 1.807) is 20.3 Å². The summed E-state index contributed by atoms with van der Waals surface area (Å²) in [6, 6.07) is 10.7. The highest BCUT2D eigenvalue weighted by Crippen LogP contribution is 2.30. The first kappa shape index (κ1) is 24.0. The van der Waals surface area contributed by atoms with Gasteiger partial charge >= 0.3 is 0 Å². The zero-order chi connectivity index (χ0) is 23.3. The van der Waals surface area contributed by atoms with Crippen molar-refractivity contribution in [2.45, 2.75) is 31.6 Å². The third kappa shape index (κ3) is 5.77. The monoisotopic (exact) mass is 464 g/mol. The highest BCUT2D eigenvalue weighted by atomic mass is 32.2. The van der Waals surface area contributed by atoms with Gasteiger partial charge in [-0.05, 0) is 55.2 Å². The van der Waals surface area contributed by atoms with Crippen LogP contribution in [-0.2, 0) is 20.6 Å².